The molecule has 0 aliphatic heterocycles. The van der Waals surface area contributed by atoms with Crippen molar-refractivity contribution in [2.45, 2.75) is 26.4 Å². The fourth-order valence-corrected chi connectivity index (χ4v) is 4.44. The number of carbonyl (C=O) groups is 1. The van der Waals surface area contributed by atoms with Gasteiger partial charge in [-0.25, -0.2) is 9.97 Å². The fourth-order valence-electron chi connectivity index (χ4n) is 4.44. The number of aromatic nitrogens is 6. The number of aryl methyl sites for hydroxylation is 2. The van der Waals surface area contributed by atoms with Gasteiger partial charge in [-0.15, -0.1) is 0 Å². The third-order valence-electron chi connectivity index (χ3n) is 6.41. The number of pyridine rings is 1. The number of nitrogens with zero attached hydrogens (tertiary/aromatic N) is 5. The van der Waals surface area contributed by atoms with Gasteiger partial charge in [0, 0.05) is 54.7 Å². The summed E-state index contributed by atoms with van der Waals surface area (Å²) >= 11 is 0. The molecule has 0 aliphatic rings. The zero-order valence-corrected chi connectivity index (χ0v) is 21.1. The molecule has 11 heteroatoms. The molecule has 0 bridgehead atoms. The standard InChI is InChI=1S/C27H28N8O3/c1-16-3-4-17(8-21(16)22-9-19-7-18(10-28)11-30-25(19)33-22)5-6-29-26-27(38)35(15-24(36)37)23(13-31-26)20-12-32-34(2)14-20/h3-4,7-9,11-14H,5-6,10,15,28H2,1-2H3,(H,29,31)(H,30,33)(H,36,37). The van der Waals surface area contributed by atoms with Crippen molar-refractivity contribution in [3.05, 3.63) is 82.2 Å². The third-order valence-corrected chi connectivity index (χ3v) is 6.41. The summed E-state index contributed by atoms with van der Waals surface area (Å²) in [5.41, 5.74) is 12.3. The molecule has 38 heavy (non-hydrogen) atoms. The summed E-state index contributed by atoms with van der Waals surface area (Å²) in [7, 11) is 1.75. The number of benzene rings is 1. The average Bonchev–Trinajstić information content (AvgIpc) is 3.52. The summed E-state index contributed by atoms with van der Waals surface area (Å²) in [4.78, 5) is 36.7. The average molecular weight is 513 g/mol. The molecule has 0 saturated carbocycles. The molecular weight excluding hydrogens is 484 g/mol. The second kappa shape index (κ2) is 10.3. The van der Waals surface area contributed by atoms with Crippen LogP contribution in [0.1, 0.15) is 16.7 Å². The van der Waals surface area contributed by atoms with Crippen molar-refractivity contribution in [2.24, 2.45) is 12.8 Å². The Morgan fingerprint density at radius 2 is 1.97 bits per heavy atom. The lowest BCUT2D eigenvalue weighted by Gasteiger charge is -2.13. The molecule has 0 unspecified atom stereocenters. The van der Waals surface area contributed by atoms with Gasteiger partial charge >= 0.3 is 5.97 Å². The minimum Gasteiger partial charge on any atom is -0.480 e. The number of hydrogen-bond acceptors (Lipinski definition) is 7. The van der Waals surface area contributed by atoms with Crippen LogP contribution in [0, 0.1) is 6.92 Å². The first-order valence-electron chi connectivity index (χ1n) is 12.1. The van der Waals surface area contributed by atoms with Crippen molar-refractivity contribution in [2.75, 3.05) is 11.9 Å². The zero-order valence-electron chi connectivity index (χ0n) is 21.1. The highest BCUT2D eigenvalue weighted by molar-refractivity contribution is 5.84. The highest BCUT2D eigenvalue weighted by atomic mass is 16.4. The maximum atomic E-state index is 13.1. The molecule has 5 rings (SSSR count). The minimum atomic E-state index is -1.12. The van der Waals surface area contributed by atoms with Gasteiger partial charge in [-0.1, -0.05) is 12.1 Å². The maximum absolute atomic E-state index is 13.1. The fraction of sp³-hybridized carbons (Fsp3) is 0.222. The Balaban J connectivity index is 1.35. The summed E-state index contributed by atoms with van der Waals surface area (Å²) in [6, 6.07) is 10.3. The number of H-pyrrole nitrogens is 1. The summed E-state index contributed by atoms with van der Waals surface area (Å²) in [5.74, 6) is -1.02. The molecule has 0 fully saturated rings. The number of fused-ring (bicyclic) bond motifs is 1. The van der Waals surface area contributed by atoms with Crippen LogP contribution in [0.15, 0.2) is 59.9 Å². The smallest absolute Gasteiger partial charge is 0.323 e. The maximum Gasteiger partial charge on any atom is 0.323 e. The molecule has 0 spiro atoms. The van der Waals surface area contributed by atoms with E-state index in [4.69, 9.17) is 5.73 Å². The molecule has 4 aromatic heterocycles. The van der Waals surface area contributed by atoms with E-state index in [2.05, 4.69) is 56.6 Å². The van der Waals surface area contributed by atoms with Crippen LogP contribution in [0.4, 0.5) is 5.82 Å². The lowest BCUT2D eigenvalue weighted by molar-refractivity contribution is -0.137. The number of hydrogen-bond donors (Lipinski definition) is 4. The van der Waals surface area contributed by atoms with Gasteiger partial charge in [0.2, 0.25) is 0 Å². The number of aromatic amines is 1. The van der Waals surface area contributed by atoms with E-state index in [-0.39, 0.29) is 5.82 Å². The van der Waals surface area contributed by atoms with E-state index < -0.39 is 18.1 Å². The Kier molecular flexibility index (Phi) is 6.75. The van der Waals surface area contributed by atoms with Crippen LogP contribution in [-0.4, -0.2) is 46.9 Å². The highest BCUT2D eigenvalue weighted by Crippen LogP contribution is 2.27. The predicted octanol–water partition coefficient (Wildman–Crippen LogP) is 2.69. The van der Waals surface area contributed by atoms with Crippen LogP contribution in [0.5, 0.6) is 0 Å². The lowest BCUT2D eigenvalue weighted by Crippen LogP contribution is -2.29. The summed E-state index contributed by atoms with van der Waals surface area (Å²) in [6.07, 6.45) is 7.18. The first-order valence-corrected chi connectivity index (χ1v) is 12.1. The van der Waals surface area contributed by atoms with Crippen LogP contribution in [0.25, 0.3) is 33.5 Å². The number of aliphatic carboxylic acids is 1. The molecular formula is C27H28N8O3. The van der Waals surface area contributed by atoms with Crippen molar-refractivity contribution in [3.63, 3.8) is 0 Å². The first kappa shape index (κ1) is 24.9. The molecule has 0 atom stereocenters. The Bertz CT molecular complexity index is 1700. The predicted molar refractivity (Wildman–Crippen MR) is 145 cm³/mol. The minimum absolute atomic E-state index is 0.101. The molecule has 0 radical (unpaired) electrons. The Morgan fingerprint density at radius 1 is 1.13 bits per heavy atom. The Morgan fingerprint density at radius 3 is 2.71 bits per heavy atom. The normalized spacial score (nSPS) is 11.2. The quantitative estimate of drug-likeness (QED) is 0.235. The number of carboxylic acids is 1. The van der Waals surface area contributed by atoms with E-state index in [0.717, 1.165) is 39.0 Å². The molecule has 5 aromatic rings. The number of nitrogens with two attached hydrogens (primary N) is 1. The van der Waals surface area contributed by atoms with E-state index in [1.54, 1.807) is 30.3 Å². The van der Waals surface area contributed by atoms with Crippen molar-refractivity contribution < 1.29 is 9.90 Å². The van der Waals surface area contributed by atoms with Gasteiger partial charge in [-0.2, -0.15) is 5.10 Å². The van der Waals surface area contributed by atoms with Gasteiger partial charge in [0.15, 0.2) is 5.82 Å². The number of carboxylic acid groups (broad SMARTS) is 1. The topological polar surface area (TPSA) is 157 Å². The number of nitrogens with one attached hydrogen (secondary N) is 2. The van der Waals surface area contributed by atoms with Crippen molar-refractivity contribution in [1.82, 2.24) is 29.3 Å². The van der Waals surface area contributed by atoms with Gasteiger partial charge in [0.05, 0.1) is 18.1 Å². The van der Waals surface area contributed by atoms with Gasteiger partial charge < -0.3 is 21.1 Å². The van der Waals surface area contributed by atoms with Gasteiger partial charge in [-0.05, 0) is 48.2 Å². The van der Waals surface area contributed by atoms with Crippen LogP contribution in [0.3, 0.4) is 0 Å². The van der Waals surface area contributed by atoms with Gasteiger partial charge in [0.1, 0.15) is 12.2 Å². The zero-order chi connectivity index (χ0) is 26.8. The van der Waals surface area contributed by atoms with Gasteiger partial charge in [-0.3, -0.25) is 18.8 Å². The summed E-state index contributed by atoms with van der Waals surface area (Å²) in [6.45, 7) is 2.46. The summed E-state index contributed by atoms with van der Waals surface area (Å²) < 4.78 is 2.77. The summed E-state index contributed by atoms with van der Waals surface area (Å²) in [5, 5.41) is 17.6. The van der Waals surface area contributed by atoms with Crippen molar-refractivity contribution in [1.29, 1.82) is 0 Å². The lowest BCUT2D eigenvalue weighted by atomic mass is 10.0. The molecule has 11 nitrogen and oxygen atoms in total. The van der Waals surface area contributed by atoms with Crippen molar-refractivity contribution in [3.8, 4) is 22.5 Å². The Labute approximate surface area is 218 Å². The monoisotopic (exact) mass is 512 g/mol. The second-order valence-corrected chi connectivity index (χ2v) is 9.17. The first-order chi connectivity index (χ1) is 18.3. The molecule has 1 aromatic carbocycles. The molecule has 194 valence electrons. The number of anilines is 1. The van der Waals surface area contributed by atoms with Crippen LogP contribution < -0.4 is 16.6 Å². The third kappa shape index (κ3) is 5.04. The molecule has 0 saturated heterocycles. The van der Waals surface area contributed by atoms with E-state index in [1.807, 2.05) is 6.07 Å². The van der Waals surface area contributed by atoms with Crippen LogP contribution in [0.2, 0.25) is 0 Å². The van der Waals surface area contributed by atoms with Crippen molar-refractivity contribution >= 4 is 22.8 Å². The van der Waals surface area contributed by atoms with Gasteiger partial charge in [0.25, 0.3) is 5.56 Å². The molecule has 4 heterocycles. The van der Waals surface area contributed by atoms with Crippen LogP contribution in [-0.2, 0) is 31.4 Å². The van der Waals surface area contributed by atoms with E-state index in [9.17, 15) is 14.7 Å². The van der Waals surface area contributed by atoms with E-state index in [1.165, 1.54) is 10.8 Å². The Hall–Kier alpha value is -4.77. The second-order valence-electron chi connectivity index (χ2n) is 9.17. The van der Waals surface area contributed by atoms with E-state index in [0.29, 0.717) is 30.8 Å². The molecule has 5 N–H and O–H groups in total. The number of rotatable bonds is 9. The largest absolute Gasteiger partial charge is 0.480 e. The SMILES string of the molecule is Cc1ccc(CCNc2ncc(-c3cnn(C)c3)n(CC(=O)O)c2=O)cc1-c1cc2cc(CN)cnc2[nH]1. The van der Waals surface area contributed by atoms with E-state index >= 15 is 0 Å². The molecule has 0 amide bonds. The molecule has 0 aliphatic carbocycles. The highest BCUT2D eigenvalue weighted by Gasteiger charge is 2.16. The van der Waals surface area contributed by atoms with Crippen LogP contribution >= 0.6 is 0 Å².